The number of rotatable bonds is 5. The largest absolute Gasteiger partial charge is 0.496 e. The van der Waals surface area contributed by atoms with Crippen LogP contribution in [0.3, 0.4) is 0 Å². The average molecular weight is 319 g/mol. The predicted octanol–water partition coefficient (Wildman–Crippen LogP) is 2.10. The van der Waals surface area contributed by atoms with Crippen molar-refractivity contribution in [2.75, 3.05) is 58.4 Å². The molecule has 5 nitrogen and oxygen atoms in total. The van der Waals surface area contributed by atoms with Crippen LogP contribution in [0.25, 0.3) is 0 Å². The molecule has 1 aromatic rings. The van der Waals surface area contributed by atoms with Crippen molar-refractivity contribution in [3.63, 3.8) is 0 Å². The molecule has 0 bridgehead atoms. The summed E-state index contributed by atoms with van der Waals surface area (Å²) in [6, 6.07) is 4.34. The van der Waals surface area contributed by atoms with Gasteiger partial charge >= 0.3 is 0 Å². The highest BCUT2D eigenvalue weighted by molar-refractivity contribution is 5.64. The maximum Gasteiger partial charge on any atom is 0.142 e. The van der Waals surface area contributed by atoms with Gasteiger partial charge in [0.15, 0.2) is 0 Å². The Morgan fingerprint density at radius 1 is 0.913 bits per heavy atom. The molecule has 128 valence electrons. The highest BCUT2D eigenvalue weighted by atomic mass is 16.5. The van der Waals surface area contributed by atoms with Crippen LogP contribution in [0.15, 0.2) is 12.1 Å². The summed E-state index contributed by atoms with van der Waals surface area (Å²) >= 11 is 0. The minimum absolute atomic E-state index is 0.918. The molecule has 2 aliphatic rings. The zero-order valence-electron chi connectivity index (χ0n) is 14.4. The van der Waals surface area contributed by atoms with E-state index in [1.807, 2.05) is 0 Å². The van der Waals surface area contributed by atoms with Crippen LogP contribution in [-0.4, -0.2) is 58.4 Å². The number of anilines is 1. The second-order valence-electron chi connectivity index (χ2n) is 6.41. The van der Waals surface area contributed by atoms with E-state index in [2.05, 4.69) is 27.2 Å². The molecule has 0 unspecified atom stereocenters. The van der Waals surface area contributed by atoms with Gasteiger partial charge in [-0.05, 0) is 25.3 Å². The Labute approximate surface area is 139 Å². The summed E-state index contributed by atoms with van der Waals surface area (Å²) in [4.78, 5) is 4.90. The third-order valence-electron chi connectivity index (χ3n) is 4.88. The predicted molar refractivity (Wildman–Crippen MR) is 93.8 cm³/mol. The molecule has 1 aromatic carbocycles. The molecule has 0 amide bonds. The van der Waals surface area contributed by atoms with Crippen LogP contribution in [0.2, 0.25) is 0 Å². The van der Waals surface area contributed by atoms with Crippen LogP contribution in [0.4, 0.5) is 5.69 Å². The molecular weight excluding hydrogens is 290 g/mol. The van der Waals surface area contributed by atoms with E-state index >= 15 is 0 Å². The Bertz CT molecular complexity index is 509. The smallest absolute Gasteiger partial charge is 0.142 e. The van der Waals surface area contributed by atoms with Gasteiger partial charge < -0.3 is 19.7 Å². The Morgan fingerprint density at radius 2 is 1.61 bits per heavy atom. The van der Waals surface area contributed by atoms with E-state index in [4.69, 9.17) is 9.47 Å². The van der Waals surface area contributed by atoms with Gasteiger partial charge in [0.25, 0.3) is 0 Å². The highest BCUT2D eigenvalue weighted by Crippen LogP contribution is 2.37. The maximum absolute atomic E-state index is 5.70. The van der Waals surface area contributed by atoms with Gasteiger partial charge in [-0.3, -0.25) is 4.90 Å². The summed E-state index contributed by atoms with van der Waals surface area (Å²) in [7, 11) is 3.53. The van der Waals surface area contributed by atoms with Crippen molar-refractivity contribution in [1.82, 2.24) is 10.2 Å². The van der Waals surface area contributed by atoms with Crippen molar-refractivity contribution < 1.29 is 9.47 Å². The summed E-state index contributed by atoms with van der Waals surface area (Å²) in [6.45, 7) is 7.42. The monoisotopic (exact) mass is 319 g/mol. The van der Waals surface area contributed by atoms with Crippen LogP contribution < -0.4 is 19.7 Å². The number of methoxy groups -OCH3 is 2. The first-order chi connectivity index (χ1) is 11.3. The number of hydrogen-bond donors (Lipinski definition) is 1. The molecule has 5 heteroatoms. The molecule has 23 heavy (non-hydrogen) atoms. The Hall–Kier alpha value is -1.46. The van der Waals surface area contributed by atoms with Gasteiger partial charge in [0.1, 0.15) is 11.5 Å². The molecule has 3 rings (SSSR count). The lowest BCUT2D eigenvalue weighted by Crippen LogP contribution is -2.42. The number of ether oxygens (including phenoxy) is 2. The van der Waals surface area contributed by atoms with Gasteiger partial charge in [-0.15, -0.1) is 0 Å². The summed E-state index contributed by atoms with van der Waals surface area (Å²) in [5.41, 5.74) is 2.39. The van der Waals surface area contributed by atoms with Crippen LogP contribution >= 0.6 is 0 Å². The fourth-order valence-electron chi connectivity index (χ4n) is 3.56. The second-order valence-corrected chi connectivity index (χ2v) is 6.41. The number of nitrogens with zero attached hydrogens (tertiary/aromatic N) is 2. The third kappa shape index (κ3) is 3.90. The van der Waals surface area contributed by atoms with Crippen molar-refractivity contribution in [3.05, 3.63) is 17.7 Å². The fourth-order valence-corrected chi connectivity index (χ4v) is 3.56. The van der Waals surface area contributed by atoms with E-state index in [0.717, 1.165) is 57.3 Å². The molecule has 2 heterocycles. The first kappa shape index (κ1) is 16.4. The van der Waals surface area contributed by atoms with Crippen molar-refractivity contribution >= 4 is 5.69 Å². The number of nitrogens with one attached hydrogen (secondary N) is 1. The lowest BCUT2D eigenvalue weighted by molar-refractivity contribution is 0.230. The first-order valence-corrected chi connectivity index (χ1v) is 8.74. The first-order valence-electron chi connectivity index (χ1n) is 8.74. The van der Waals surface area contributed by atoms with E-state index < -0.39 is 0 Å². The Kier molecular flexibility index (Phi) is 5.62. The summed E-state index contributed by atoms with van der Waals surface area (Å²) in [5, 5.41) is 3.40. The van der Waals surface area contributed by atoms with Crippen LogP contribution in [-0.2, 0) is 6.54 Å². The second kappa shape index (κ2) is 7.88. The van der Waals surface area contributed by atoms with Crippen LogP contribution in [0.1, 0.15) is 24.8 Å². The number of hydrogen-bond acceptors (Lipinski definition) is 5. The lowest BCUT2D eigenvalue weighted by Gasteiger charge is -2.32. The molecule has 2 fully saturated rings. The van der Waals surface area contributed by atoms with Crippen molar-refractivity contribution in [2.45, 2.75) is 25.8 Å². The normalized spacial score (nSPS) is 19.7. The van der Waals surface area contributed by atoms with Gasteiger partial charge in [0.2, 0.25) is 0 Å². The van der Waals surface area contributed by atoms with E-state index in [1.54, 1.807) is 14.2 Å². The zero-order chi connectivity index (χ0) is 16.1. The van der Waals surface area contributed by atoms with E-state index in [1.165, 1.54) is 30.5 Å². The number of benzene rings is 1. The fraction of sp³-hybridized carbons (Fsp3) is 0.667. The van der Waals surface area contributed by atoms with Crippen LogP contribution in [0, 0.1) is 0 Å². The topological polar surface area (TPSA) is 37.0 Å². The quantitative estimate of drug-likeness (QED) is 0.899. The molecule has 0 aliphatic carbocycles. The van der Waals surface area contributed by atoms with Gasteiger partial charge in [0, 0.05) is 57.4 Å². The van der Waals surface area contributed by atoms with Crippen molar-refractivity contribution in [3.8, 4) is 11.5 Å². The Morgan fingerprint density at radius 3 is 2.26 bits per heavy atom. The standard InChI is InChI=1S/C18H29N3O2/c1-22-17-13-16(21-8-4-3-5-9-21)18(23-2)12-15(17)14-20-10-6-19-7-11-20/h12-13,19H,3-11,14H2,1-2H3. The zero-order valence-corrected chi connectivity index (χ0v) is 14.4. The summed E-state index contributed by atoms with van der Waals surface area (Å²) in [5.74, 6) is 1.95. The summed E-state index contributed by atoms with van der Waals surface area (Å²) in [6.07, 6.45) is 3.85. The molecule has 0 saturated carbocycles. The van der Waals surface area contributed by atoms with Gasteiger partial charge in [0.05, 0.1) is 19.9 Å². The molecule has 2 aliphatic heterocycles. The highest BCUT2D eigenvalue weighted by Gasteiger charge is 2.20. The van der Waals surface area contributed by atoms with Crippen molar-refractivity contribution in [1.29, 1.82) is 0 Å². The SMILES string of the molecule is COc1cc(N2CCCCC2)c(OC)cc1CN1CCNCC1. The number of piperidine rings is 1. The average Bonchev–Trinajstić information content (AvgIpc) is 2.63. The molecular formula is C18H29N3O2. The van der Waals surface area contributed by atoms with E-state index in [-0.39, 0.29) is 0 Å². The van der Waals surface area contributed by atoms with Gasteiger partial charge in [-0.2, -0.15) is 0 Å². The lowest BCUT2D eigenvalue weighted by atomic mass is 10.1. The molecule has 0 atom stereocenters. The van der Waals surface area contributed by atoms with Gasteiger partial charge in [-0.1, -0.05) is 0 Å². The van der Waals surface area contributed by atoms with Gasteiger partial charge in [-0.25, -0.2) is 0 Å². The van der Waals surface area contributed by atoms with Crippen LogP contribution in [0.5, 0.6) is 11.5 Å². The Balaban J connectivity index is 1.84. The van der Waals surface area contributed by atoms with E-state index in [9.17, 15) is 0 Å². The molecule has 0 radical (unpaired) electrons. The molecule has 2 saturated heterocycles. The molecule has 0 aromatic heterocycles. The number of piperazine rings is 1. The van der Waals surface area contributed by atoms with Crippen molar-refractivity contribution in [2.24, 2.45) is 0 Å². The molecule has 0 spiro atoms. The third-order valence-corrected chi connectivity index (χ3v) is 4.88. The maximum atomic E-state index is 5.70. The summed E-state index contributed by atoms with van der Waals surface area (Å²) < 4.78 is 11.4. The van der Waals surface area contributed by atoms with E-state index in [0.29, 0.717) is 0 Å². The minimum Gasteiger partial charge on any atom is -0.496 e. The molecule has 1 N–H and O–H groups in total. The minimum atomic E-state index is 0.918.